The molecule has 0 heterocycles. The van der Waals surface area contributed by atoms with Gasteiger partial charge in [0.05, 0.1) is 0 Å². The second-order valence-electron chi connectivity index (χ2n) is 16.0. The summed E-state index contributed by atoms with van der Waals surface area (Å²) in [6.07, 6.45) is 0. The van der Waals surface area contributed by atoms with Gasteiger partial charge in [0.25, 0.3) is 0 Å². The zero-order valence-electron chi connectivity index (χ0n) is 35.6. The Morgan fingerprint density at radius 3 is 0.406 bits per heavy atom. The molecule has 10 aromatic rings. The molecule has 0 heteroatoms. The summed E-state index contributed by atoms with van der Waals surface area (Å²) in [5.41, 5.74) is 21.5. The second kappa shape index (κ2) is 18.7. The third kappa shape index (κ3) is 8.59. The van der Waals surface area contributed by atoms with E-state index < -0.39 is 0 Å². The molecule has 0 aliphatic carbocycles. The van der Waals surface area contributed by atoms with Gasteiger partial charge in [-0.15, -0.1) is 0 Å². The summed E-state index contributed by atoms with van der Waals surface area (Å²) in [4.78, 5) is 0. The van der Waals surface area contributed by atoms with E-state index in [1.165, 1.54) is 100 Å². The molecule has 0 aromatic heterocycles. The van der Waals surface area contributed by atoms with E-state index in [4.69, 9.17) is 0 Å². The van der Waals surface area contributed by atoms with Gasteiger partial charge in [0.15, 0.2) is 0 Å². The number of hydrogen-bond donors (Lipinski definition) is 0. The molecule has 0 N–H and O–H groups in total. The van der Waals surface area contributed by atoms with Crippen molar-refractivity contribution in [2.45, 2.75) is 0 Å². The van der Waals surface area contributed by atoms with Crippen LogP contribution in [-0.2, 0) is 0 Å². The molecule has 0 aliphatic rings. The Bertz CT molecular complexity index is 2830. The highest BCUT2D eigenvalue weighted by Gasteiger charge is 2.18. The van der Waals surface area contributed by atoms with Crippen molar-refractivity contribution in [2.75, 3.05) is 0 Å². The van der Waals surface area contributed by atoms with Crippen molar-refractivity contribution in [3.63, 3.8) is 0 Å². The normalized spacial score (nSPS) is 10.8. The van der Waals surface area contributed by atoms with Crippen LogP contribution in [0.3, 0.4) is 0 Å². The summed E-state index contributed by atoms with van der Waals surface area (Å²) < 4.78 is 0. The maximum atomic E-state index is 2.27. The van der Waals surface area contributed by atoms with Crippen LogP contribution in [0.25, 0.3) is 55.7 Å². The molecule has 0 nitrogen and oxygen atoms in total. The van der Waals surface area contributed by atoms with Crippen molar-refractivity contribution in [3.8, 4) is 33.4 Å². The maximum Gasteiger partial charge on any atom is -0.00268 e. The van der Waals surface area contributed by atoms with E-state index in [1.54, 1.807) is 0 Å². The summed E-state index contributed by atoms with van der Waals surface area (Å²) in [6, 6.07) is 100. The molecule has 10 rings (SSSR count). The average molecular weight is 815 g/mol. The summed E-state index contributed by atoms with van der Waals surface area (Å²) >= 11 is 0. The van der Waals surface area contributed by atoms with Crippen molar-refractivity contribution in [1.82, 2.24) is 0 Å². The lowest BCUT2D eigenvalue weighted by Crippen LogP contribution is -1.97. The molecular formula is C64H46. The summed E-state index contributed by atoms with van der Waals surface area (Å²) in [7, 11) is 0. The highest BCUT2D eigenvalue weighted by Crippen LogP contribution is 2.39. The third-order valence-corrected chi connectivity index (χ3v) is 12.0. The molecule has 64 heavy (non-hydrogen) atoms. The Balaban J connectivity index is 0.920. The fourth-order valence-electron chi connectivity index (χ4n) is 8.82. The fourth-order valence-corrected chi connectivity index (χ4v) is 8.82. The van der Waals surface area contributed by atoms with Gasteiger partial charge in [0.1, 0.15) is 0 Å². The highest BCUT2D eigenvalue weighted by molar-refractivity contribution is 6.06. The molecular weight excluding hydrogens is 769 g/mol. The predicted octanol–water partition coefficient (Wildman–Crippen LogP) is 16.7. The summed E-state index contributed by atoms with van der Waals surface area (Å²) in [5, 5.41) is 0. The Hall–Kier alpha value is -8.32. The zero-order valence-corrected chi connectivity index (χ0v) is 35.6. The molecule has 0 unspecified atom stereocenters. The van der Waals surface area contributed by atoms with E-state index in [2.05, 4.69) is 279 Å². The van der Waals surface area contributed by atoms with Gasteiger partial charge < -0.3 is 0 Å². The number of hydrogen-bond acceptors (Lipinski definition) is 0. The minimum Gasteiger partial charge on any atom is -0.0622 e. The molecule has 0 atom stereocenters. The first-order valence-corrected chi connectivity index (χ1v) is 22.0. The van der Waals surface area contributed by atoms with E-state index in [1.807, 2.05) is 0 Å². The SMILES string of the molecule is c1ccc(C(=C(c2ccccc2)c2ccc(-c3ccc(-c4ccc(-c5ccc(C(=C(c6ccccc6)c6ccccc6)c6ccccc6)cc5)cc4)cc3)cc2)c2ccccc2)cc1. The summed E-state index contributed by atoms with van der Waals surface area (Å²) in [5.74, 6) is 0. The molecule has 0 fully saturated rings. The molecule has 0 spiro atoms. The minimum atomic E-state index is 1.18. The van der Waals surface area contributed by atoms with E-state index in [9.17, 15) is 0 Å². The first-order valence-electron chi connectivity index (χ1n) is 22.0. The van der Waals surface area contributed by atoms with Crippen molar-refractivity contribution in [2.24, 2.45) is 0 Å². The predicted molar refractivity (Wildman–Crippen MR) is 271 cm³/mol. The Labute approximate surface area is 377 Å². The van der Waals surface area contributed by atoms with Crippen LogP contribution in [-0.4, -0.2) is 0 Å². The van der Waals surface area contributed by atoms with Crippen molar-refractivity contribution in [3.05, 3.63) is 324 Å². The molecule has 0 saturated carbocycles. The van der Waals surface area contributed by atoms with Crippen LogP contribution in [0.15, 0.2) is 279 Å². The van der Waals surface area contributed by atoms with E-state index >= 15 is 0 Å². The smallest absolute Gasteiger partial charge is 0.00268 e. The van der Waals surface area contributed by atoms with Gasteiger partial charge in [-0.2, -0.15) is 0 Å². The molecule has 0 radical (unpaired) electrons. The highest BCUT2D eigenvalue weighted by atomic mass is 14.2. The molecule has 0 amide bonds. The molecule has 0 saturated heterocycles. The van der Waals surface area contributed by atoms with Crippen LogP contribution in [0.1, 0.15) is 44.5 Å². The van der Waals surface area contributed by atoms with Crippen LogP contribution in [0.4, 0.5) is 0 Å². The maximum absolute atomic E-state index is 2.27. The first kappa shape index (κ1) is 39.8. The van der Waals surface area contributed by atoms with Gasteiger partial charge in [-0.05, 0) is 100 Å². The standard InChI is InChI=1S/C64H46/c1-7-19-53(20-8-1)61(54-21-9-2-10-22-54)63(57-27-15-5-16-28-57)59-43-39-51(40-44-59)49-35-31-47(32-36-49)48-33-37-50(38-34-48)52-41-45-60(46-42-52)64(58-29-17-6-18-30-58)62(55-23-11-3-12-24-55)56-25-13-4-14-26-56/h1-46H. The third-order valence-electron chi connectivity index (χ3n) is 12.0. The van der Waals surface area contributed by atoms with Crippen LogP contribution in [0.5, 0.6) is 0 Å². The quantitative estimate of drug-likeness (QED) is 0.114. The number of benzene rings is 10. The van der Waals surface area contributed by atoms with Crippen LogP contribution >= 0.6 is 0 Å². The van der Waals surface area contributed by atoms with Crippen molar-refractivity contribution >= 4 is 22.3 Å². The topological polar surface area (TPSA) is 0 Å². The molecule has 302 valence electrons. The molecule has 10 aromatic carbocycles. The monoisotopic (exact) mass is 814 g/mol. The fraction of sp³-hybridized carbons (Fsp3) is 0. The van der Waals surface area contributed by atoms with Gasteiger partial charge in [0, 0.05) is 0 Å². The van der Waals surface area contributed by atoms with E-state index in [0.29, 0.717) is 0 Å². The second-order valence-corrected chi connectivity index (χ2v) is 16.0. The van der Waals surface area contributed by atoms with Gasteiger partial charge in [-0.25, -0.2) is 0 Å². The molecule has 0 aliphatic heterocycles. The van der Waals surface area contributed by atoms with Crippen molar-refractivity contribution in [1.29, 1.82) is 0 Å². The van der Waals surface area contributed by atoms with Crippen LogP contribution in [0, 0.1) is 0 Å². The van der Waals surface area contributed by atoms with Gasteiger partial charge in [-0.1, -0.05) is 279 Å². The van der Waals surface area contributed by atoms with Crippen LogP contribution < -0.4 is 0 Å². The van der Waals surface area contributed by atoms with Crippen molar-refractivity contribution < 1.29 is 0 Å². The Morgan fingerprint density at radius 1 is 0.125 bits per heavy atom. The minimum absolute atomic E-state index is 1.18. The Morgan fingerprint density at radius 2 is 0.250 bits per heavy atom. The van der Waals surface area contributed by atoms with E-state index in [-0.39, 0.29) is 0 Å². The first-order chi connectivity index (χ1) is 31.8. The van der Waals surface area contributed by atoms with E-state index in [0.717, 1.165) is 0 Å². The van der Waals surface area contributed by atoms with Crippen LogP contribution in [0.2, 0.25) is 0 Å². The van der Waals surface area contributed by atoms with Gasteiger partial charge in [0.2, 0.25) is 0 Å². The average Bonchev–Trinajstić information content (AvgIpc) is 3.39. The zero-order chi connectivity index (χ0) is 42.9. The summed E-state index contributed by atoms with van der Waals surface area (Å²) in [6.45, 7) is 0. The molecule has 0 bridgehead atoms. The number of rotatable bonds is 11. The lowest BCUT2D eigenvalue weighted by Gasteiger charge is -2.18. The lowest BCUT2D eigenvalue weighted by atomic mass is 9.85. The van der Waals surface area contributed by atoms with Gasteiger partial charge in [-0.3, -0.25) is 0 Å². The Kier molecular flexibility index (Phi) is 11.7. The largest absolute Gasteiger partial charge is 0.0622 e. The lowest BCUT2D eigenvalue weighted by molar-refractivity contribution is 1.49. The van der Waals surface area contributed by atoms with Gasteiger partial charge >= 0.3 is 0 Å².